The van der Waals surface area contributed by atoms with E-state index >= 15 is 0 Å². The summed E-state index contributed by atoms with van der Waals surface area (Å²) in [6.45, 7) is 2.26. The fourth-order valence-corrected chi connectivity index (χ4v) is 3.38. The SMILES string of the molecule is CCCCCCc1ccc(C=Cc2ccnc(Br)c2)s1. The molecule has 106 valence electrons. The highest BCUT2D eigenvalue weighted by Crippen LogP contribution is 2.21. The van der Waals surface area contributed by atoms with Crippen molar-refractivity contribution in [1.82, 2.24) is 4.98 Å². The molecule has 0 unspecified atom stereocenters. The molecule has 0 fully saturated rings. The number of unbranched alkanes of at least 4 members (excludes halogenated alkanes) is 3. The fourth-order valence-electron chi connectivity index (χ4n) is 2.04. The lowest BCUT2D eigenvalue weighted by Crippen LogP contribution is -1.80. The molecule has 2 rings (SSSR count). The zero-order valence-corrected chi connectivity index (χ0v) is 14.2. The van der Waals surface area contributed by atoms with Crippen LogP contribution in [0.5, 0.6) is 0 Å². The van der Waals surface area contributed by atoms with E-state index in [1.165, 1.54) is 47.4 Å². The predicted octanol–water partition coefficient (Wildman–Crippen LogP) is 6.20. The van der Waals surface area contributed by atoms with Gasteiger partial charge in [-0.05, 0) is 64.7 Å². The molecule has 0 spiro atoms. The van der Waals surface area contributed by atoms with Crippen LogP contribution in [0.15, 0.2) is 35.1 Å². The van der Waals surface area contributed by atoms with Gasteiger partial charge in [0, 0.05) is 16.0 Å². The monoisotopic (exact) mass is 349 g/mol. The molecule has 0 bridgehead atoms. The smallest absolute Gasteiger partial charge is 0.106 e. The van der Waals surface area contributed by atoms with Crippen molar-refractivity contribution in [2.45, 2.75) is 39.0 Å². The average molecular weight is 350 g/mol. The van der Waals surface area contributed by atoms with Crippen molar-refractivity contribution >= 4 is 39.4 Å². The lowest BCUT2D eigenvalue weighted by Gasteiger charge is -1.96. The summed E-state index contributed by atoms with van der Waals surface area (Å²) in [5.74, 6) is 0. The minimum Gasteiger partial charge on any atom is -0.249 e. The van der Waals surface area contributed by atoms with Crippen molar-refractivity contribution in [3.8, 4) is 0 Å². The van der Waals surface area contributed by atoms with E-state index in [4.69, 9.17) is 0 Å². The van der Waals surface area contributed by atoms with Gasteiger partial charge in [0.25, 0.3) is 0 Å². The molecule has 0 aliphatic heterocycles. The summed E-state index contributed by atoms with van der Waals surface area (Å²) in [6.07, 6.45) is 12.7. The van der Waals surface area contributed by atoms with Crippen molar-refractivity contribution in [3.63, 3.8) is 0 Å². The number of nitrogens with zero attached hydrogens (tertiary/aromatic N) is 1. The van der Waals surface area contributed by atoms with Crippen LogP contribution < -0.4 is 0 Å². The maximum atomic E-state index is 4.13. The lowest BCUT2D eigenvalue weighted by atomic mass is 10.1. The lowest BCUT2D eigenvalue weighted by molar-refractivity contribution is 0.670. The summed E-state index contributed by atoms with van der Waals surface area (Å²) in [4.78, 5) is 6.95. The Kier molecular flexibility index (Phi) is 6.48. The molecule has 0 atom stereocenters. The van der Waals surface area contributed by atoms with Gasteiger partial charge >= 0.3 is 0 Å². The number of hydrogen-bond donors (Lipinski definition) is 0. The van der Waals surface area contributed by atoms with Crippen LogP contribution in [0, 0.1) is 0 Å². The first-order valence-corrected chi connectivity index (χ1v) is 8.77. The molecule has 2 heterocycles. The average Bonchev–Trinajstić information content (AvgIpc) is 2.89. The molecule has 1 nitrogen and oxygen atoms in total. The minimum absolute atomic E-state index is 0.877. The van der Waals surface area contributed by atoms with E-state index in [2.05, 4.69) is 52.1 Å². The van der Waals surface area contributed by atoms with E-state index in [9.17, 15) is 0 Å². The summed E-state index contributed by atoms with van der Waals surface area (Å²) < 4.78 is 0.877. The molecule has 0 aliphatic carbocycles. The minimum atomic E-state index is 0.877. The molecule has 0 amide bonds. The first-order chi connectivity index (χ1) is 9.78. The molecule has 0 radical (unpaired) electrons. The van der Waals surface area contributed by atoms with E-state index in [1.54, 1.807) is 0 Å². The van der Waals surface area contributed by atoms with Gasteiger partial charge in [0.1, 0.15) is 4.60 Å². The summed E-state index contributed by atoms with van der Waals surface area (Å²) in [5, 5.41) is 0. The van der Waals surface area contributed by atoms with E-state index in [0.29, 0.717) is 0 Å². The Labute approximate surface area is 133 Å². The van der Waals surface area contributed by atoms with Crippen LogP contribution in [0.2, 0.25) is 0 Å². The van der Waals surface area contributed by atoms with Crippen LogP contribution in [-0.2, 0) is 6.42 Å². The number of aryl methyl sites for hydroxylation is 1. The van der Waals surface area contributed by atoms with Crippen molar-refractivity contribution in [2.24, 2.45) is 0 Å². The highest BCUT2D eigenvalue weighted by atomic mass is 79.9. The Morgan fingerprint density at radius 2 is 2.05 bits per heavy atom. The van der Waals surface area contributed by atoms with Gasteiger partial charge in [-0.25, -0.2) is 4.98 Å². The van der Waals surface area contributed by atoms with Crippen LogP contribution in [0.4, 0.5) is 0 Å². The molecule has 2 aromatic heterocycles. The van der Waals surface area contributed by atoms with Crippen molar-refractivity contribution in [3.05, 3.63) is 50.4 Å². The number of pyridine rings is 1. The Hall–Kier alpha value is -0.930. The largest absolute Gasteiger partial charge is 0.249 e. The molecule has 0 N–H and O–H groups in total. The molecule has 0 aromatic carbocycles. The van der Waals surface area contributed by atoms with Gasteiger partial charge in [-0.2, -0.15) is 0 Å². The molecule has 0 aliphatic rings. The summed E-state index contributed by atoms with van der Waals surface area (Å²) in [7, 11) is 0. The molecule has 3 heteroatoms. The van der Waals surface area contributed by atoms with Crippen molar-refractivity contribution in [1.29, 1.82) is 0 Å². The first-order valence-electron chi connectivity index (χ1n) is 7.16. The van der Waals surface area contributed by atoms with Crippen molar-refractivity contribution < 1.29 is 0 Å². The van der Waals surface area contributed by atoms with Crippen molar-refractivity contribution in [2.75, 3.05) is 0 Å². The Morgan fingerprint density at radius 1 is 1.15 bits per heavy atom. The third kappa shape index (κ3) is 5.22. The van der Waals surface area contributed by atoms with Crippen LogP contribution in [0.1, 0.15) is 47.9 Å². The highest BCUT2D eigenvalue weighted by Gasteiger charge is 1.98. The summed E-state index contributed by atoms with van der Waals surface area (Å²) >= 11 is 5.29. The molecule has 0 saturated heterocycles. The number of halogens is 1. The predicted molar refractivity (Wildman–Crippen MR) is 93.0 cm³/mol. The van der Waals surface area contributed by atoms with Gasteiger partial charge in [0.2, 0.25) is 0 Å². The second-order valence-electron chi connectivity index (χ2n) is 4.86. The van der Waals surface area contributed by atoms with Gasteiger partial charge in [0.05, 0.1) is 0 Å². The van der Waals surface area contributed by atoms with E-state index in [0.717, 1.165) is 4.60 Å². The molecular weight excluding hydrogens is 330 g/mol. The zero-order chi connectivity index (χ0) is 14.2. The highest BCUT2D eigenvalue weighted by molar-refractivity contribution is 9.10. The van der Waals surface area contributed by atoms with E-state index in [-0.39, 0.29) is 0 Å². The first kappa shape index (κ1) is 15.5. The fraction of sp³-hybridized carbons (Fsp3) is 0.353. The Morgan fingerprint density at radius 3 is 2.85 bits per heavy atom. The van der Waals surface area contributed by atoms with Gasteiger partial charge < -0.3 is 0 Å². The second-order valence-corrected chi connectivity index (χ2v) is 6.87. The van der Waals surface area contributed by atoms with E-state index < -0.39 is 0 Å². The number of hydrogen-bond acceptors (Lipinski definition) is 2. The van der Waals surface area contributed by atoms with Gasteiger partial charge in [-0.3, -0.25) is 0 Å². The standard InChI is InChI=1S/C17H20BrNS/c1-2-3-4-5-6-15-9-10-16(20-15)8-7-14-11-12-19-17(18)13-14/h7-13H,2-6H2,1H3. The topological polar surface area (TPSA) is 12.9 Å². The molecule has 0 saturated carbocycles. The zero-order valence-electron chi connectivity index (χ0n) is 11.8. The third-order valence-electron chi connectivity index (χ3n) is 3.15. The number of aromatic nitrogens is 1. The maximum absolute atomic E-state index is 4.13. The maximum Gasteiger partial charge on any atom is 0.106 e. The van der Waals surface area contributed by atoms with Crippen LogP contribution in [0.3, 0.4) is 0 Å². The number of thiophene rings is 1. The summed E-state index contributed by atoms with van der Waals surface area (Å²) in [6, 6.07) is 8.52. The molecular formula is C17H20BrNS. The Balaban J connectivity index is 1.89. The van der Waals surface area contributed by atoms with Gasteiger partial charge in [-0.1, -0.05) is 32.3 Å². The van der Waals surface area contributed by atoms with Crippen LogP contribution in [-0.4, -0.2) is 4.98 Å². The quantitative estimate of drug-likeness (QED) is 0.428. The third-order valence-corrected chi connectivity index (χ3v) is 4.69. The second kappa shape index (κ2) is 8.38. The Bertz CT molecular complexity index is 560. The number of rotatable bonds is 7. The van der Waals surface area contributed by atoms with Crippen LogP contribution >= 0.6 is 27.3 Å². The molecule has 2 aromatic rings. The van der Waals surface area contributed by atoms with Crippen LogP contribution in [0.25, 0.3) is 12.2 Å². The van der Waals surface area contributed by atoms with Gasteiger partial charge in [-0.15, -0.1) is 11.3 Å². The van der Waals surface area contributed by atoms with E-state index in [1.807, 2.05) is 29.7 Å². The normalized spacial score (nSPS) is 11.3. The molecule has 20 heavy (non-hydrogen) atoms. The summed E-state index contributed by atoms with van der Waals surface area (Å²) in [5.41, 5.74) is 1.17. The van der Waals surface area contributed by atoms with Gasteiger partial charge in [0.15, 0.2) is 0 Å².